The van der Waals surface area contributed by atoms with E-state index in [0.29, 0.717) is 5.69 Å². The summed E-state index contributed by atoms with van der Waals surface area (Å²) in [5.41, 5.74) is 2.90. The number of anilines is 1. The van der Waals surface area contributed by atoms with Gasteiger partial charge >= 0.3 is 5.97 Å². The van der Waals surface area contributed by atoms with Crippen molar-refractivity contribution in [1.82, 2.24) is 5.32 Å². The van der Waals surface area contributed by atoms with Gasteiger partial charge in [-0.15, -0.1) is 0 Å². The molecule has 1 aliphatic carbocycles. The van der Waals surface area contributed by atoms with Crippen molar-refractivity contribution in [3.63, 3.8) is 0 Å². The molecule has 3 aromatic carbocycles. The Kier molecular flexibility index (Phi) is 7.51. The molecule has 7 nitrogen and oxygen atoms in total. The first kappa shape index (κ1) is 24.5. The van der Waals surface area contributed by atoms with Gasteiger partial charge in [-0.05, 0) is 67.6 Å². The quantitative estimate of drug-likeness (QED) is 0.475. The van der Waals surface area contributed by atoms with E-state index in [0.717, 1.165) is 24.8 Å². The van der Waals surface area contributed by atoms with Crippen LogP contribution in [0.2, 0.25) is 0 Å². The van der Waals surface area contributed by atoms with E-state index in [9.17, 15) is 18.0 Å². The number of hydrogen-bond donors (Lipinski definition) is 1. The minimum atomic E-state index is -3.89. The molecule has 1 N–H and O–H groups in total. The van der Waals surface area contributed by atoms with Gasteiger partial charge in [0.2, 0.25) is 0 Å². The van der Waals surface area contributed by atoms with E-state index in [2.05, 4.69) is 11.4 Å². The van der Waals surface area contributed by atoms with Crippen molar-refractivity contribution in [1.29, 1.82) is 0 Å². The first-order valence-electron chi connectivity index (χ1n) is 11.6. The summed E-state index contributed by atoms with van der Waals surface area (Å²) in [6.07, 6.45) is 2.78. The Morgan fingerprint density at radius 2 is 1.74 bits per heavy atom. The van der Waals surface area contributed by atoms with Crippen molar-refractivity contribution in [2.45, 2.75) is 37.1 Å². The molecule has 0 spiro atoms. The highest BCUT2D eigenvalue weighted by Crippen LogP contribution is 2.29. The number of hydrogen-bond acceptors (Lipinski definition) is 5. The Balaban J connectivity index is 1.42. The van der Waals surface area contributed by atoms with Gasteiger partial charge in [-0.3, -0.25) is 9.10 Å². The van der Waals surface area contributed by atoms with Gasteiger partial charge in [0.1, 0.15) is 0 Å². The van der Waals surface area contributed by atoms with Crippen molar-refractivity contribution in [2.75, 3.05) is 17.5 Å². The van der Waals surface area contributed by atoms with Crippen LogP contribution in [0.15, 0.2) is 83.8 Å². The monoisotopic (exact) mass is 492 g/mol. The number of carbonyl (C=O) groups is 2. The third kappa shape index (κ3) is 5.54. The van der Waals surface area contributed by atoms with Crippen LogP contribution in [-0.2, 0) is 26.0 Å². The molecule has 0 aromatic heterocycles. The van der Waals surface area contributed by atoms with Crippen LogP contribution < -0.4 is 9.62 Å². The Hall–Kier alpha value is -3.65. The maximum Gasteiger partial charge on any atom is 0.338 e. The highest BCUT2D eigenvalue weighted by Gasteiger charge is 2.25. The molecule has 0 unspecified atom stereocenters. The molecule has 1 amide bonds. The summed E-state index contributed by atoms with van der Waals surface area (Å²) in [5.74, 6) is -1.16. The van der Waals surface area contributed by atoms with Crippen molar-refractivity contribution in [2.24, 2.45) is 0 Å². The number of aryl methyl sites for hydroxylation is 1. The molecule has 0 fully saturated rings. The molecule has 1 atom stereocenters. The number of ether oxygens (including phenoxy) is 1. The number of rotatable bonds is 8. The molecule has 0 saturated carbocycles. The SMILES string of the molecule is CCN(c1ccccc1)S(=O)(=O)c1cccc(C(=O)OCC(=O)N[C@@H]2CCCc3ccccc32)c1. The summed E-state index contributed by atoms with van der Waals surface area (Å²) in [6.45, 7) is 1.52. The second-order valence-electron chi connectivity index (χ2n) is 8.32. The Labute approximate surface area is 205 Å². The largest absolute Gasteiger partial charge is 0.452 e. The number of esters is 1. The van der Waals surface area contributed by atoms with Crippen molar-refractivity contribution in [3.8, 4) is 0 Å². The van der Waals surface area contributed by atoms with E-state index in [1.807, 2.05) is 24.3 Å². The summed E-state index contributed by atoms with van der Waals surface area (Å²) in [4.78, 5) is 25.1. The second kappa shape index (κ2) is 10.7. The number of para-hydroxylation sites is 1. The van der Waals surface area contributed by atoms with Gasteiger partial charge in [0.15, 0.2) is 6.61 Å². The average Bonchev–Trinajstić information content (AvgIpc) is 2.88. The Morgan fingerprint density at radius 1 is 1.00 bits per heavy atom. The zero-order chi connectivity index (χ0) is 24.8. The fourth-order valence-corrected chi connectivity index (χ4v) is 5.87. The van der Waals surface area contributed by atoms with Crippen LogP contribution in [0.1, 0.15) is 47.3 Å². The third-order valence-corrected chi connectivity index (χ3v) is 7.93. The zero-order valence-corrected chi connectivity index (χ0v) is 20.3. The second-order valence-corrected chi connectivity index (χ2v) is 10.2. The molecule has 0 bridgehead atoms. The molecule has 0 heterocycles. The van der Waals surface area contributed by atoms with E-state index in [-0.39, 0.29) is 23.0 Å². The minimum absolute atomic E-state index is 0.0269. The normalized spacial score (nSPS) is 15.1. The first-order valence-corrected chi connectivity index (χ1v) is 13.1. The predicted octanol–water partition coefficient (Wildman–Crippen LogP) is 4.25. The number of fused-ring (bicyclic) bond motifs is 1. The first-order chi connectivity index (χ1) is 16.9. The third-order valence-electron chi connectivity index (χ3n) is 6.03. The Bertz CT molecular complexity index is 1310. The molecule has 8 heteroatoms. The number of nitrogens with zero attached hydrogens (tertiary/aromatic N) is 1. The van der Waals surface area contributed by atoms with Gasteiger partial charge in [0.25, 0.3) is 15.9 Å². The fraction of sp³-hybridized carbons (Fsp3) is 0.259. The van der Waals surface area contributed by atoms with E-state index in [4.69, 9.17) is 4.74 Å². The van der Waals surface area contributed by atoms with Gasteiger partial charge in [-0.25, -0.2) is 13.2 Å². The molecule has 0 aliphatic heterocycles. The van der Waals surface area contributed by atoms with E-state index >= 15 is 0 Å². The maximum absolute atomic E-state index is 13.2. The molecule has 1 aliphatic rings. The molecule has 182 valence electrons. The van der Waals surface area contributed by atoms with Crippen molar-refractivity contribution < 1.29 is 22.7 Å². The average molecular weight is 493 g/mol. The van der Waals surface area contributed by atoms with Crippen LogP contribution in [0.3, 0.4) is 0 Å². The lowest BCUT2D eigenvalue weighted by Crippen LogP contribution is -2.34. The summed E-state index contributed by atoms with van der Waals surface area (Å²) in [7, 11) is -3.89. The van der Waals surface area contributed by atoms with Crippen LogP contribution in [0, 0.1) is 0 Å². The van der Waals surface area contributed by atoms with Gasteiger partial charge in [-0.2, -0.15) is 0 Å². The molecular weight excluding hydrogens is 464 g/mol. The molecule has 0 saturated heterocycles. The van der Waals surface area contributed by atoms with E-state index < -0.39 is 28.5 Å². The van der Waals surface area contributed by atoms with Gasteiger partial charge in [0, 0.05) is 6.54 Å². The molecular formula is C27H28N2O5S. The van der Waals surface area contributed by atoms with E-state index in [1.165, 1.54) is 34.1 Å². The number of benzene rings is 3. The summed E-state index contributed by atoms with van der Waals surface area (Å²) in [6, 6.07) is 22.3. The zero-order valence-electron chi connectivity index (χ0n) is 19.5. The number of sulfonamides is 1. The summed E-state index contributed by atoms with van der Waals surface area (Å²) >= 11 is 0. The maximum atomic E-state index is 13.2. The topological polar surface area (TPSA) is 92.8 Å². The summed E-state index contributed by atoms with van der Waals surface area (Å²) < 4.78 is 32.9. The standard InChI is InChI=1S/C27H28N2O5S/c1-2-29(22-13-4-3-5-14-22)35(32,33)23-15-8-12-21(18-23)27(31)34-19-26(30)28-25-17-9-11-20-10-6-7-16-24(20)25/h3-8,10,12-16,18,25H,2,9,11,17,19H2,1H3,(H,28,30)/t25-/m1/s1. The van der Waals surface area contributed by atoms with Crippen molar-refractivity contribution >= 4 is 27.6 Å². The van der Waals surface area contributed by atoms with Gasteiger partial charge in [0.05, 0.1) is 22.2 Å². The molecule has 4 rings (SSSR count). The van der Waals surface area contributed by atoms with Crippen LogP contribution in [-0.4, -0.2) is 33.4 Å². The number of carbonyl (C=O) groups excluding carboxylic acids is 2. The van der Waals surface area contributed by atoms with Gasteiger partial charge in [-0.1, -0.05) is 48.5 Å². The highest BCUT2D eigenvalue weighted by atomic mass is 32.2. The lowest BCUT2D eigenvalue weighted by Gasteiger charge is -2.26. The Morgan fingerprint density at radius 3 is 2.51 bits per heavy atom. The minimum Gasteiger partial charge on any atom is -0.452 e. The lowest BCUT2D eigenvalue weighted by molar-refractivity contribution is -0.125. The molecule has 35 heavy (non-hydrogen) atoms. The number of amides is 1. The van der Waals surface area contributed by atoms with Crippen LogP contribution >= 0.6 is 0 Å². The van der Waals surface area contributed by atoms with Crippen LogP contribution in [0.5, 0.6) is 0 Å². The highest BCUT2D eigenvalue weighted by molar-refractivity contribution is 7.92. The molecule has 3 aromatic rings. The summed E-state index contributed by atoms with van der Waals surface area (Å²) in [5, 5.41) is 2.94. The smallest absolute Gasteiger partial charge is 0.338 e. The lowest BCUT2D eigenvalue weighted by atomic mass is 9.88. The van der Waals surface area contributed by atoms with Crippen LogP contribution in [0.4, 0.5) is 5.69 Å². The van der Waals surface area contributed by atoms with E-state index in [1.54, 1.807) is 31.2 Å². The predicted molar refractivity (Wildman–Crippen MR) is 134 cm³/mol. The molecule has 0 radical (unpaired) electrons. The van der Waals surface area contributed by atoms with Gasteiger partial charge < -0.3 is 10.1 Å². The van der Waals surface area contributed by atoms with Crippen molar-refractivity contribution in [3.05, 3.63) is 95.6 Å². The fourth-order valence-electron chi connectivity index (χ4n) is 4.35. The number of nitrogens with one attached hydrogen (secondary N) is 1. The van der Waals surface area contributed by atoms with Crippen LogP contribution in [0.25, 0.3) is 0 Å².